The molecule has 20 heavy (non-hydrogen) atoms. The summed E-state index contributed by atoms with van der Waals surface area (Å²) in [7, 11) is 2.92. The number of methoxy groups -OCH3 is 2. The molecule has 3 N–H and O–H groups in total. The molecule has 104 valence electrons. The maximum absolute atomic E-state index is 11.6. The van der Waals surface area contributed by atoms with Crippen LogP contribution in [0.15, 0.2) is 42.5 Å². The number of ether oxygens (including phenoxy) is 2. The van der Waals surface area contributed by atoms with E-state index in [1.54, 1.807) is 25.3 Å². The zero-order valence-electron chi connectivity index (χ0n) is 11.3. The van der Waals surface area contributed by atoms with Gasteiger partial charge in [0.15, 0.2) is 0 Å². The van der Waals surface area contributed by atoms with E-state index in [1.165, 1.54) is 7.11 Å². The van der Waals surface area contributed by atoms with Gasteiger partial charge in [0.1, 0.15) is 5.75 Å². The number of hydrogen-bond acceptors (Lipinski definition) is 5. The van der Waals surface area contributed by atoms with E-state index in [0.717, 1.165) is 11.4 Å². The van der Waals surface area contributed by atoms with Crippen LogP contribution in [0.25, 0.3) is 0 Å². The molecule has 2 aromatic rings. The molecule has 2 rings (SSSR count). The van der Waals surface area contributed by atoms with Crippen LogP contribution >= 0.6 is 0 Å². The Morgan fingerprint density at radius 1 is 1.15 bits per heavy atom. The highest BCUT2D eigenvalue weighted by Gasteiger charge is 2.11. The highest BCUT2D eigenvalue weighted by Crippen LogP contribution is 2.28. The summed E-state index contributed by atoms with van der Waals surface area (Å²) >= 11 is 0. The number of hydrogen-bond donors (Lipinski definition) is 2. The zero-order chi connectivity index (χ0) is 14.5. The van der Waals surface area contributed by atoms with Gasteiger partial charge in [-0.3, -0.25) is 0 Å². The summed E-state index contributed by atoms with van der Waals surface area (Å²) in [6.07, 6.45) is 0. The number of nitrogen functional groups attached to an aromatic ring is 1. The molecule has 0 radical (unpaired) electrons. The Balaban J connectivity index is 2.32. The zero-order valence-corrected chi connectivity index (χ0v) is 11.3. The lowest BCUT2D eigenvalue weighted by molar-refractivity contribution is 0.0602. The van der Waals surface area contributed by atoms with Crippen molar-refractivity contribution in [2.75, 3.05) is 25.3 Å². The normalized spacial score (nSPS) is 9.90. The van der Waals surface area contributed by atoms with Gasteiger partial charge in [-0.1, -0.05) is 12.1 Å². The quantitative estimate of drug-likeness (QED) is 0.661. The second-order valence-electron chi connectivity index (χ2n) is 4.12. The van der Waals surface area contributed by atoms with Crippen LogP contribution in [0.3, 0.4) is 0 Å². The van der Waals surface area contributed by atoms with Gasteiger partial charge in [-0.25, -0.2) is 4.79 Å². The molecule has 5 nitrogen and oxygen atoms in total. The summed E-state index contributed by atoms with van der Waals surface area (Å²) in [5.74, 6) is 0.245. The van der Waals surface area contributed by atoms with E-state index in [1.807, 2.05) is 24.3 Å². The average molecular weight is 272 g/mol. The molecule has 0 amide bonds. The Morgan fingerprint density at radius 2 is 1.90 bits per heavy atom. The van der Waals surface area contributed by atoms with Crippen molar-refractivity contribution < 1.29 is 14.3 Å². The van der Waals surface area contributed by atoms with Crippen LogP contribution in [-0.2, 0) is 4.74 Å². The standard InChI is InChI=1S/C15H16N2O3/c1-19-14-6-4-3-5-13(14)17-10-7-8-12(16)11(9-10)15(18)20-2/h3-9,17H,16H2,1-2H3. The summed E-state index contributed by atoms with van der Waals surface area (Å²) in [6, 6.07) is 12.6. The lowest BCUT2D eigenvalue weighted by Crippen LogP contribution is -2.06. The molecule has 5 heteroatoms. The number of para-hydroxylation sites is 2. The van der Waals surface area contributed by atoms with Gasteiger partial charge in [-0.15, -0.1) is 0 Å². The van der Waals surface area contributed by atoms with Crippen molar-refractivity contribution in [3.8, 4) is 5.75 Å². The summed E-state index contributed by atoms with van der Waals surface area (Å²) in [6.45, 7) is 0. The van der Waals surface area contributed by atoms with Gasteiger partial charge >= 0.3 is 5.97 Å². The molecule has 2 aromatic carbocycles. The maximum Gasteiger partial charge on any atom is 0.340 e. The first-order chi connectivity index (χ1) is 9.65. The number of anilines is 3. The highest BCUT2D eigenvalue weighted by molar-refractivity contribution is 5.96. The number of nitrogens with two attached hydrogens (primary N) is 1. The predicted molar refractivity (Wildman–Crippen MR) is 78.5 cm³/mol. The van der Waals surface area contributed by atoms with Crippen LogP contribution in [0.2, 0.25) is 0 Å². The topological polar surface area (TPSA) is 73.6 Å². The van der Waals surface area contributed by atoms with Crippen molar-refractivity contribution in [2.24, 2.45) is 0 Å². The number of esters is 1. The average Bonchev–Trinajstić information content (AvgIpc) is 2.49. The van der Waals surface area contributed by atoms with Crippen molar-refractivity contribution in [1.82, 2.24) is 0 Å². The van der Waals surface area contributed by atoms with Crippen molar-refractivity contribution >= 4 is 23.0 Å². The third-order valence-electron chi connectivity index (χ3n) is 2.84. The molecule has 0 aliphatic heterocycles. The molecule has 0 saturated carbocycles. The number of carbonyl (C=O) groups is 1. The summed E-state index contributed by atoms with van der Waals surface area (Å²) in [4.78, 5) is 11.6. The molecule has 0 saturated heterocycles. The minimum absolute atomic E-state index is 0.326. The van der Waals surface area contributed by atoms with Crippen molar-refractivity contribution in [2.45, 2.75) is 0 Å². The summed E-state index contributed by atoms with van der Waals surface area (Å²) < 4.78 is 9.96. The van der Waals surface area contributed by atoms with Gasteiger partial charge in [-0.2, -0.15) is 0 Å². The molecule has 0 bridgehead atoms. The van der Waals surface area contributed by atoms with Gasteiger partial charge in [0.2, 0.25) is 0 Å². The second kappa shape index (κ2) is 5.97. The largest absolute Gasteiger partial charge is 0.495 e. The minimum atomic E-state index is -0.467. The third kappa shape index (κ3) is 2.83. The van der Waals surface area contributed by atoms with Crippen LogP contribution in [0.1, 0.15) is 10.4 Å². The molecule has 0 spiro atoms. The summed E-state index contributed by atoms with van der Waals surface area (Å²) in [5, 5.41) is 3.18. The second-order valence-corrected chi connectivity index (χ2v) is 4.12. The minimum Gasteiger partial charge on any atom is -0.495 e. The Hall–Kier alpha value is -2.69. The van der Waals surface area contributed by atoms with E-state index in [4.69, 9.17) is 15.2 Å². The van der Waals surface area contributed by atoms with E-state index >= 15 is 0 Å². The highest BCUT2D eigenvalue weighted by atomic mass is 16.5. The van der Waals surface area contributed by atoms with Gasteiger partial charge < -0.3 is 20.5 Å². The lowest BCUT2D eigenvalue weighted by Gasteiger charge is -2.12. The molecular weight excluding hydrogens is 256 g/mol. The number of benzene rings is 2. The molecule has 0 fully saturated rings. The van der Waals surface area contributed by atoms with E-state index in [9.17, 15) is 4.79 Å². The molecular formula is C15H16N2O3. The molecule has 0 aromatic heterocycles. The van der Waals surface area contributed by atoms with Crippen molar-refractivity contribution in [3.63, 3.8) is 0 Å². The maximum atomic E-state index is 11.6. The first-order valence-electron chi connectivity index (χ1n) is 6.03. The fourth-order valence-corrected chi connectivity index (χ4v) is 1.82. The molecule has 0 unspecified atom stereocenters. The Bertz CT molecular complexity index is 626. The smallest absolute Gasteiger partial charge is 0.340 e. The van der Waals surface area contributed by atoms with Crippen molar-refractivity contribution in [3.05, 3.63) is 48.0 Å². The number of rotatable bonds is 4. The Morgan fingerprint density at radius 3 is 2.60 bits per heavy atom. The SMILES string of the molecule is COC(=O)c1cc(Nc2ccccc2OC)ccc1N. The van der Waals surface area contributed by atoms with Crippen LogP contribution in [0.5, 0.6) is 5.75 Å². The van der Waals surface area contributed by atoms with Crippen LogP contribution in [0, 0.1) is 0 Å². The predicted octanol–water partition coefficient (Wildman–Crippen LogP) is 2.81. The first kappa shape index (κ1) is 13.7. The fraction of sp³-hybridized carbons (Fsp3) is 0.133. The van der Waals surface area contributed by atoms with Gasteiger partial charge in [-0.05, 0) is 30.3 Å². The van der Waals surface area contributed by atoms with E-state index in [0.29, 0.717) is 17.0 Å². The number of nitrogens with one attached hydrogen (secondary N) is 1. The van der Waals surface area contributed by atoms with Crippen LogP contribution in [0.4, 0.5) is 17.1 Å². The van der Waals surface area contributed by atoms with E-state index < -0.39 is 5.97 Å². The number of carbonyl (C=O) groups excluding carboxylic acids is 1. The third-order valence-corrected chi connectivity index (χ3v) is 2.84. The Kier molecular flexibility index (Phi) is 4.10. The molecule has 0 aliphatic rings. The van der Waals surface area contributed by atoms with Crippen LogP contribution < -0.4 is 15.8 Å². The van der Waals surface area contributed by atoms with Crippen LogP contribution in [-0.4, -0.2) is 20.2 Å². The van der Waals surface area contributed by atoms with E-state index in [2.05, 4.69) is 5.32 Å². The molecule has 0 atom stereocenters. The van der Waals surface area contributed by atoms with E-state index in [-0.39, 0.29) is 0 Å². The Labute approximate surface area is 117 Å². The summed E-state index contributed by atoms with van der Waals surface area (Å²) in [5.41, 5.74) is 7.99. The lowest BCUT2D eigenvalue weighted by atomic mass is 10.1. The molecule has 0 aliphatic carbocycles. The van der Waals surface area contributed by atoms with Gasteiger partial charge in [0, 0.05) is 11.4 Å². The van der Waals surface area contributed by atoms with Gasteiger partial charge in [0.25, 0.3) is 0 Å². The molecule has 0 heterocycles. The monoisotopic (exact) mass is 272 g/mol. The first-order valence-corrected chi connectivity index (χ1v) is 6.03. The van der Waals surface area contributed by atoms with Crippen molar-refractivity contribution in [1.29, 1.82) is 0 Å². The fourth-order valence-electron chi connectivity index (χ4n) is 1.82. The van der Waals surface area contributed by atoms with Gasteiger partial charge in [0.05, 0.1) is 25.5 Å².